The van der Waals surface area contributed by atoms with Crippen LogP contribution in [0.2, 0.25) is 0 Å². The lowest BCUT2D eigenvalue weighted by Gasteiger charge is -2.05. The topological polar surface area (TPSA) is 101 Å². The van der Waals surface area contributed by atoms with Crippen molar-refractivity contribution >= 4 is 17.4 Å². The Kier molecular flexibility index (Phi) is 4.01. The van der Waals surface area contributed by atoms with Crippen LogP contribution in [0.15, 0.2) is 51.9 Å². The third-order valence-electron chi connectivity index (χ3n) is 3.24. The van der Waals surface area contributed by atoms with Gasteiger partial charge in [-0.2, -0.15) is 0 Å². The monoisotopic (exact) mass is 310 g/mol. The average Bonchev–Trinajstić information content (AvgIpc) is 3.04. The van der Waals surface area contributed by atoms with E-state index in [-0.39, 0.29) is 29.4 Å². The van der Waals surface area contributed by atoms with Crippen LogP contribution in [0.4, 0.5) is 11.6 Å². The predicted octanol–water partition coefficient (Wildman–Crippen LogP) is 2.29. The Labute approximate surface area is 131 Å². The number of Topliss-reactive ketones (excluding diaryl/α,β-unsaturated/α-hetero) is 1. The van der Waals surface area contributed by atoms with Crippen LogP contribution >= 0.6 is 0 Å². The lowest BCUT2D eigenvalue weighted by Crippen LogP contribution is -2.18. The van der Waals surface area contributed by atoms with E-state index in [9.17, 15) is 9.59 Å². The van der Waals surface area contributed by atoms with E-state index in [4.69, 9.17) is 4.42 Å². The zero-order valence-electron chi connectivity index (χ0n) is 12.4. The summed E-state index contributed by atoms with van der Waals surface area (Å²) in [4.78, 5) is 25.9. The first-order chi connectivity index (χ1) is 11.1. The second-order valence-corrected chi connectivity index (χ2v) is 4.96. The van der Waals surface area contributed by atoms with Gasteiger partial charge in [0.2, 0.25) is 5.95 Å². The van der Waals surface area contributed by atoms with Crippen LogP contribution in [0.1, 0.15) is 28.7 Å². The van der Waals surface area contributed by atoms with E-state index >= 15 is 0 Å². The maximum absolute atomic E-state index is 12.0. The van der Waals surface area contributed by atoms with Gasteiger partial charge in [-0.25, -0.2) is 0 Å². The van der Waals surface area contributed by atoms with Crippen molar-refractivity contribution in [3.05, 3.63) is 70.0 Å². The molecule has 3 rings (SSSR count). The van der Waals surface area contributed by atoms with Crippen LogP contribution in [-0.2, 0) is 6.42 Å². The molecule has 7 heteroatoms. The van der Waals surface area contributed by atoms with Crippen molar-refractivity contribution in [1.29, 1.82) is 0 Å². The highest BCUT2D eigenvalue weighted by Gasteiger charge is 2.08. The molecule has 3 aromatic rings. The smallest absolute Gasteiger partial charge is 0.274 e. The molecular weight excluding hydrogens is 296 g/mol. The normalized spacial score (nSPS) is 10.5. The molecule has 7 nitrogen and oxygen atoms in total. The van der Waals surface area contributed by atoms with E-state index in [0.29, 0.717) is 17.0 Å². The van der Waals surface area contributed by atoms with Crippen LogP contribution in [0.25, 0.3) is 0 Å². The third kappa shape index (κ3) is 3.52. The van der Waals surface area contributed by atoms with Crippen LogP contribution < -0.4 is 10.9 Å². The summed E-state index contributed by atoms with van der Waals surface area (Å²) < 4.78 is 5.19. The first kappa shape index (κ1) is 14.7. The summed E-state index contributed by atoms with van der Waals surface area (Å²) in [6.45, 7) is 1.50. The van der Waals surface area contributed by atoms with Crippen LogP contribution in [0.5, 0.6) is 0 Å². The summed E-state index contributed by atoms with van der Waals surface area (Å²) >= 11 is 0. The molecule has 0 spiro atoms. The molecule has 0 saturated carbocycles. The fourth-order valence-electron chi connectivity index (χ4n) is 2.04. The Balaban J connectivity index is 1.75. The fourth-order valence-corrected chi connectivity index (χ4v) is 2.04. The van der Waals surface area contributed by atoms with Gasteiger partial charge in [0.15, 0.2) is 5.78 Å². The molecule has 1 aromatic carbocycles. The maximum Gasteiger partial charge on any atom is 0.274 e. The van der Waals surface area contributed by atoms with E-state index < -0.39 is 0 Å². The van der Waals surface area contributed by atoms with Crippen LogP contribution in [-0.4, -0.2) is 21.0 Å². The molecule has 0 fully saturated rings. The van der Waals surface area contributed by atoms with Crippen molar-refractivity contribution in [3.63, 3.8) is 0 Å². The van der Waals surface area contributed by atoms with Crippen LogP contribution in [0, 0.1) is 0 Å². The highest BCUT2D eigenvalue weighted by atomic mass is 16.3. The van der Waals surface area contributed by atoms with Gasteiger partial charge >= 0.3 is 0 Å². The van der Waals surface area contributed by atoms with Gasteiger partial charge in [-0.3, -0.25) is 14.6 Å². The molecule has 0 unspecified atom stereocenters. The lowest BCUT2D eigenvalue weighted by molar-refractivity contribution is 0.101. The van der Waals surface area contributed by atoms with E-state index in [0.717, 1.165) is 0 Å². The second kappa shape index (κ2) is 6.27. The van der Waals surface area contributed by atoms with Crippen molar-refractivity contribution in [1.82, 2.24) is 15.2 Å². The summed E-state index contributed by atoms with van der Waals surface area (Å²) in [7, 11) is 0. The summed E-state index contributed by atoms with van der Waals surface area (Å²) in [5.41, 5.74) is 1.25. The zero-order chi connectivity index (χ0) is 16.2. The fraction of sp³-hybridized carbons (Fsp3) is 0.125. The molecule has 2 heterocycles. The summed E-state index contributed by atoms with van der Waals surface area (Å²) in [5, 5.41) is 10.8. The number of nitrogens with one attached hydrogen (secondary N) is 2. The lowest BCUT2D eigenvalue weighted by atomic mass is 10.1. The molecule has 0 aliphatic rings. The minimum atomic E-state index is -0.334. The first-order valence-corrected chi connectivity index (χ1v) is 6.98. The molecule has 0 saturated heterocycles. The van der Waals surface area contributed by atoms with Gasteiger partial charge in [0.25, 0.3) is 5.56 Å². The largest absolute Gasteiger partial charge is 0.469 e. The molecule has 0 atom stereocenters. The summed E-state index contributed by atoms with van der Waals surface area (Å²) in [5.74, 6) is 0.867. The molecule has 0 amide bonds. The van der Waals surface area contributed by atoms with Gasteiger partial charge in [-0.15, -0.1) is 10.2 Å². The van der Waals surface area contributed by atoms with Gasteiger partial charge in [0.05, 0.1) is 12.7 Å². The van der Waals surface area contributed by atoms with Crippen molar-refractivity contribution < 1.29 is 9.21 Å². The number of benzene rings is 1. The molecular formula is C16H14N4O3. The zero-order valence-corrected chi connectivity index (χ0v) is 12.4. The van der Waals surface area contributed by atoms with E-state index in [1.807, 2.05) is 0 Å². The number of aromatic amines is 1. The first-order valence-electron chi connectivity index (χ1n) is 6.98. The second-order valence-electron chi connectivity index (χ2n) is 4.96. The van der Waals surface area contributed by atoms with Crippen molar-refractivity contribution in [2.45, 2.75) is 13.3 Å². The van der Waals surface area contributed by atoms with Crippen molar-refractivity contribution in [2.24, 2.45) is 0 Å². The number of rotatable bonds is 5. The van der Waals surface area contributed by atoms with Gasteiger partial charge in [-0.05, 0) is 43.3 Å². The Morgan fingerprint density at radius 3 is 2.61 bits per heavy atom. The molecule has 2 N–H and O–H groups in total. The number of hydrogen-bond acceptors (Lipinski definition) is 6. The predicted molar refractivity (Wildman–Crippen MR) is 83.9 cm³/mol. The molecule has 23 heavy (non-hydrogen) atoms. The molecule has 0 aliphatic carbocycles. The molecule has 0 radical (unpaired) electrons. The van der Waals surface area contributed by atoms with E-state index in [1.165, 1.54) is 13.2 Å². The quantitative estimate of drug-likeness (QED) is 0.701. The maximum atomic E-state index is 12.0. The highest BCUT2D eigenvalue weighted by Crippen LogP contribution is 2.13. The standard InChI is InChI=1S/C16H14N4O3/c1-10(21)11-4-6-12(7-5-11)17-16-18-15(22)14(19-20-16)9-13-3-2-8-23-13/h2-8H,9H2,1H3,(H2,17,18,20,22). The van der Waals surface area contributed by atoms with Gasteiger partial charge in [-0.1, -0.05) is 0 Å². The Morgan fingerprint density at radius 2 is 2.00 bits per heavy atom. The number of hydrogen-bond donors (Lipinski definition) is 2. The number of ketones is 1. The Hall–Kier alpha value is -3.22. The number of aromatic nitrogens is 3. The summed E-state index contributed by atoms with van der Waals surface area (Å²) in [6, 6.07) is 10.4. The average molecular weight is 310 g/mol. The number of carbonyl (C=O) groups is 1. The Morgan fingerprint density at radius 1 is 1.22 bits per heavy atom. The Bertz CT molecular complexity index is 867. The molecule has 0 aliphatic heterocycles. The molecule has 116 valence electrons. The van der Waals surface area contributed by atoms with Gasteiger partial charge in [0, 0.05) is 11.3 Å². The minimum absolute atomic E-state index is 0.00738. The number of nitrogens with zero attached hydrogens (tertiary/aromatic N) is 2. The summed E-state index contributed by atoms with van der Waals surface area (Å²) in [6.07, 6.45) is 1.82. The van der Waals surface area contributed by atoms with Gasteiger partial charge in [0.1, 0.15) is 11.5 Å². The van der Waals surface area contributed by atoms with Gasteiger partial charge < -0.3 is 9.73 Å². The van der Waals surface area contributed by atoms with Crippen molar-refractivity contribution in [2.75, 3.05) is 5.32 Å². The van der Waals surface area contributed by atoms with Crippen molar-refractivity contribution in [3.8, 4) is 0 Å². The number of H-pyrrole nitrogens is 1. The number of furan rings is 1. The SMILES string of the molecule is CC(=O)c1ccc(Nc2nnc(Cc3ccco3)c(=O)[nH]2)cc1. The molecule has 2 aromatic heterocycles. The number of anilines is 2. The highest BCUT2D eigenvalue weighted by molar-refractivity contribution is 5.94. The minimum Gasteiger partial charge on any atom is -0.469 e. The molecule has 0 bridgehead atoms. The number of carbonyl (C=O) groups excluding carboxylic acids is 1. The van der Waals surface area contributed by atoms with E-state index in [2.05, 4.69) is 20.5 Å². The van der Waals surface area contributed by atoms with E-state index in [1.54, 1.807) is 36.4 Å². The van der Waals surface area contributed by atoms with Crippen LogP contribution in [0.3, 0.4) is 0 Å². The third-order valence-corrected chi connectivity index (χ3v) is 3.24.